The van der Waals surface area contributed by atoms with Gasteiger partial charge in [0.05, 0.1) is 17.7 Å². The fraction of sp³-hybridized carbons (Fsp3) is 0.222. The number of halogens is 1. The van der Waals surface area contributed by atoms with E-state index in [-0.39, 0.29) is 32.8 Å². The monoisotopic (exact) mass is 425 g/mol. The van der Waals surface area contributed by atoms with Crippen LogP contribution < -0.4 is 20.3 Å². The Balaban J connectivity index is 2.21. The second-order valence-electron chi connectivity index (χ2n) is 6.03. The number of nitrogens with one attached hydrogen (secondary N) is 3. The van der Waals surface area contributed by atoms with Crippen LogP contribution in [0.4, 0.5) is 0 Å². The molecule has 0 saturated heterocycles. The number of hydrogen-bond donors (Lipinski definition) is 3. The van der Waals surface area contributed by atoms with Crippen molar-refractivity contribution in [3.8, 4) is 5.75 Å². The summed E-state index contributed by atoms with van der Waals surface area (Å²) in [5.74, 6) is -1.23. The Morgan fingerprint density at radius 2 is 1.68 bits per heavy atom. The summed E-state index contributed by atoms with van der Waals surface area (Å²) in [4.78, 5) is 24.3. The summed E-state index contributed by atoms with van der Waals surface area (Å²) in [7, 11) is -2.57. The summed E-state index contributed by atoms with van der Waals surface area (Å²) >= 11 is 5.94. The van der Waals surface area contributed by atoms with Crippen LogP contribution in [0.25, 0.3) is 0 Å². The standard InChI is InChI=1S/C18H20ClN3O5S/c1-11(2)22-28(25,26)16-10-12(8-9-15(16)27-3)17(23)20-21-18(24)13-6-4-5-7-14(13)19/h4-11,22H,1-3H3,(H,20,23)(H,21,24). The van der Waals surface area contributed by atoms with Gasteiger partial charge in [0.2, 0.25) is 10.0 Å². The van der Waals surface area contributed by atoms with E-state index in [4.69, 9.17) is 16.3 Å². The van der Waals surface area contributed by atoms with Gasteiger partial charge in [0.1, 0.15) is 10.6 Å². The Morgan fingerprint density at radius 3 is 2.29 bits per heavy atom. The van der Waals surface area contributed by atoms with Gasteiger partial charge in [-0.2, -0.15) is 0 Å². The predicted molar refractivity (Wildman–Crippen MR) is 105 cm³/mol. The highest BCUT2D eigenvalue weighted by atomic mass is 35.5. The molecule has 8 nitrogen and oxygen atoms in total. The van der Waals surface area contributed by atoms with Crippen molar-refractivity contribution in [1.29, 1.82) is 0 Å². The Morgan fingerprint density at radius 1 is 1.04 bits per heavy atom. The first-order valence-corrected chi connectivity index (χ1v) is 10.1. The summed E-state index contributed by atoms with van der Waals surface area (Å²) in [6.45, 7) is 3.34. The van der Waals surface area contributed by atoms with Gasteiger partial charge in [-0.15, -0.1) is 0 Å². The van der Waals surface area contributed by atoms with Gasteiger partial charge in [-0.1, -0.05) is 23.7 Å². The molecule has 0 bridgehead atoms. The van der Waals surface area contributed by atoms with Crippen LogP contribution in [0.5, 0.6) is 5.75 Å². The van der Waals surface area contributed by atoms with Crippen molar-refractivity contribution in [1.82, 2.24) is 15.6 Å². The summed E-state index contributed by atoms with van der Waals surface area (Å²) in [5, 5.41) is 0.229. The minimum absolute atomic E-state index is 0.0180. The SMILES string of the molecule is COc1ccc(C(=O)NNC(=O)c2ccccc2Cl)cc1S(=O)(=O)NC(C)C. The highest BCUT2D eigenvalue weighted by molar-refractivity contribution is 7.89. The molecule has 0 heterocycles. The lowest BCUT2D eigenvalue weighted by Crippen LogP contribution is -2.41. The van der Waals surface area contributed by atoms with E-state index < -0.39 is 21.8 Å². The van der Waals surface area contributed by atoms with E-state index in [0.717, 1.165) is 0 Å². The highest BCUT2D eigenvalue weighted by Crippen LogP contribution is 2.25. The molecular weight excluding hydrogens is 406 g/mol. The van der Waals surface area contributed by atoms with Gasteiger partial charge in [0, 0.05) is 11.6 Å². The molecule has 0 aromatic heterocycles. The van der Waals surface area contributed by atoms with Gasteiger partial charge < -0.3 is 4.74 Å². The maximum Gasteiger partial charge on any atom is 0.271 e. The Hall–Kier alpha value is -2.62. The molecule has 0 saturated carbocycles. The lowest BCUT2D eigenvalue weighted by molar-refractivity contribution is 0.0846. The molecule has 0 atom stereocenters. The lowest BCUT2D eigenvalue weighted by atomic mass is 10.2. The van der Waals surface area contributed by atoms with Crippen LogP contribution in [-0.2, 0) is 10.0 Å². The van der Waals surface area contributed by atoms with E-state index >= 15 is 0 Å². The largest absolute Gasteiger partial charge is 0.495 e. The number of benzene rings is 2. The molecule has 0 unspecified atom stereocenters. The predicted octanol–water partition coefficient (Wildman–Crippen LogP) is 2.11. The molecule has 0 fully saturated rings. The quantitative estimate of drug-likeness (QED) is 0.613. The molecule has 28 heavy (non-hydrogen) atoms. The molecule has 10 heteroatoms. The van der Waals surface area contributed by atoms with Gasteiger partial charge >= 0.3 is 0 Å². The van der Waals surface area contributed by atoms with E-state index in [9.17, 15) is 18.0 Å². The van der Waals surface area contributed by atoms with Crippen LogP contribution in [0.1, 0.15) is 34.6 Å². The van der Waals surface area contributed by atoms with Crippen molar-refractivity contribution in [3.05, 3.63) is 58.6 Å². The first-order valence-electron chi connectivity index (χ1n) is 8.21. The molecule has 2 rings (SSSR count). The molecule has 0 aliphatic carbocycles. The number of rotatable bonds is 6. The van der Waals surface area contributed by atoms with Gasteiger partial charge in [0.25, 0.3) is 11.8 Å². The molecule has 2 amide bonds. The van der Waals surface area contributed by atoms with Crippen molar-refractivity contribution < 1.29 is 22.7 Å². The second kappa shape index (κ2) is 9.05. The number of hydrazine groups is 1. The Labute approximate surface area is 168 Å². The number of amides is 2. The topological polar surface area (TPSA) is 114 Å². The van der Waals surface area contributed by atoms with E-state index in [1.54, 1.807) is 32.0 Å². The Bertz CT molecular complexity index is 992. The van der Waals surface area contributed by atoms with Crippen molar-refractivity contribution in [2.24, 2.45) is 0 Å². The summed E-state index contributed by atoms with van der Waals surface area (Å²) in [6.07, 6.45) is 0. The summed E-state index contributed by atoms with van der Waals surface area (Å²) in [5.41, 5.74) is 4.67. The molecule has 2 aromatic rings. The fourth-order valence-electron chi connectivity index (χ4n) is 2.30. The van der Waals surface area contributed by atoms with Crippen molar-refractivity contribution in [2.75, 3.05) is 7.11 Å². The number of carbonyl (C=O) groups is 2. The molecule has 0 aliphatic rings. The zero-order valence-electron chi connectivity index (χ0n) is 15.4. The maximum atomic E-state index is 12.5. The van der Waals surface area contributed by atoms with Crippen LogP contribution in [-0.4, -0.2) is 33.4 Å². The van der Waals surface area contributed by atoms with Gasteiger partial charge in [-0.25, -0.2) is 13.1 Å². The first-order chi connectivity index (χ1) is 13.2. The zero-order chi connectivity index (χ0) is 20.9. The van der Waals surface area contributed by atoms with Crippen molar-refractivity contribution in [2.45, 2.75) is 24.8 Å². The number of hydrogen-bond acceptors (Lipinski definition) is 5. The van der Waals surface area contributed by atoms with E-state index in [1.165, 1.54) is 31.4 Å². The van der Waals surface area contributed by atoms with Crippen molar-refractivity contribution >= 4 is 33.4 Å². The average molecular weight is 426 g/mol. The third-order valence-corrected chi connectivity index (χ3v) is 5.52. The smallest absolute Gasteiger partial charge is 0.271 e. The van der Waals surface area contributed by atoms with Gasteiger partial charge in [0.15, 0.2) is 0 Å². The normalized spacial score (nSPS) is 11.2. The van der Waals surface area contributed by atoms with Crippen LogP contribution in [0, 0.1) is 0 Å². The number of carbonyl (C=O) groups excluding carboxylic acids is 2. The minimum Gasteiger partial charge on any atom is -0.495 e. The van der Waals surface area contributed by atoms with Crippen LogP contribution in [0.15, 0.2) is 47.4 Å². The lowest BCUT2D eigenvalue weighted by Gasteiger charge is -2.14. The third-order valence-electron chi connectivity index (χ3n) is 3.51. The molecule has 3 N–H and O–H groups in total. The molecule has 150 valence electrons. The van der Waals surface area contributed by atoms with Crippen LogP contribution in [0.3, 0.4) is 0 Å². The molecular formula is C18H20ClN3O5S. The first kappa shape index (κ1) is 21.7. The van der Waals surface area contributed by atoms with E-state index in [0.29, 0.717) is 0 Å². The average Bonchev–Trinajstić information content (AvgIpc) is 2.64. The van der Waals surface area contributed by atoms with Gasteiger partial charge in [-0.05, 0) is 44.2 Å². The number of methoxy groups -OCH3 is 1. The fourth-order valence-corrected chi connectivity index (χ4v) is 3.97. The number of ether oxygens (including phenoxy) is 1. The molecule has 0 spiro atoms. The second-order valence-corrected chi connectivity index (χ2v) is 8.12. The van der Waals surface area contributed by atoms with Gasteiger partial charge in [-0.3, -0.25) is 20.4 Å². The van der Waals surface area contributed by atoms with E-state index in [2.05, 4.69) is 15.6 Å². The molecule has 0 aliphatic heterocycles. The summed E-state index contributed by atoms with van der Waals surface area (Å²) < 4.78 is 32.5. The highest BCUT2D eigenvalue weighted by Gasteiger charge is 2.22. The minimum atomic E-state index is -3.90. The summed E-state index contributed by atoms with van der Waals surface area (Å²) in [6, 6.07) is 9.90. The number of sulfonamides is 1. The maximum absolute atomic E-state index is 12.5. The molecule has 2 aromatic carbocycles. The Kier molecular flexibility index (Phi) is 7.00. The van der Waals surface area contributed by atoms with Crippen LogP contribution >= 0.6 is 11.6 Å². The zero-order valence-corrected chi connectivity index (χ0v) is 17.0. The third kappa shape index (κ3) is 5.22. The van der Waals surface area contributed by atoms with Crippen molar-refractivity contribution in [3.63, 3.8) is 0 Å². The molecule has 0 radical (unpaired) electrons. The van der Waals surface area contributed by atoms with Crippen LogP contribution in [0.2, 0.25) is 5.02 Å². The van der Waals surface area contributed by atoms with E-state index in [1.807, 2.05) is 0 Å².